The quantitative estimate of drug-likeness (QED) is 0.0351. The molecule has 0 saturated carbocycles. The summed E-state index contributed by atoms with van der Waals surface area (Å²) in [4.78, 5) is 161. The normalized spacial score (nSPS) is 13.8. The summed E-state index contributed by atoms with van der Waals surface area (Å²) in [6, 6.07) is 0. The molecule has 0 spiro atoms. The highest BCUT2D eigenvalue weighted by Crippen LogP contribution is 2.30. The van der Waals surface area contributed by atoms with Crippen molar-refractivity contribution < 1.29 is 90.7 Å². The van der Waals surface area contributed by atoms with E-state index in [0.29, 0.717) is 0 Å². The van der Waals surface area contributed by atoms with Crippen molar-refractivity contribution in [2.24, 2.45) is 54.1 Å². The molecule has 1 heterocycles. The number of hydrogen-bond donors (Lipinski definition) is 4. The average molecular weight is 1180 g/mol. The third-order valence-corrected chi connectivity index (χ3v) is 12.8. The maximum absolute atomic E-state index is 14.8. The first-order chi connectivity index (χ1) is 37.4. The van der Waals surface area contributed by atoms with Gasteiger partial charge in [0.1, 0.15) is 55.9 Å². The topological polar surface area (TPSA) is 321 Å². The maximum atomic E-state index is 14.8. The van der Waals surface area contributed by atoms with Gasteiger partial charge in [0.2, 0.25) is 23.6 Å². The van der Waals surface area contributed by atoms with Crippen LogP contribution in [0.25, 0.3) is 0 Å². The Morgan fingerprint density at radius 2 is 0.614 bits per heavy atom. The molecule has 0 saturated heterocycles. The van der Waals surface area contributed by atoms with Crippen LogP contribution < -0.4 is 21.3 Å². The lowest BCUT2D eigenvalue weighted by Gasteiger charge is -2.38. The van der Waals surface area contributed by atoms with Gasteiger partial charge in [0.05, 0.1) is 45.7 Å². The second-order valence-electron chi connectivity index (χ2n) is 28.5. The van der Waals surface area contributed by atoms with Crippen molar-refractivity contribution in [3.63, 3.8) is 0 Å². The molecule has 472 valence electrons. The Morgan fingerprint density at radius 3 is 0.843 bits per heavy atom. The van der Waals surface area contributed by atoms with Crippen molar-refractivity contribution in [1.82, 2.24) is 26.2 Å². The zero-order chi connectivity index (χ0) is 64.6. The van der Waals surface area contributed by atoms with E-state index >= 15 is 0 Å². The molecule has 1 aliphatic rings. The number of esters is 6. The summed E-state index contributed by atoms with van der Waals surface area (Å²) in [7, 11) is 0. The molecular weight excluding hydrogens is 1080 g/mol. The molecule has 4 N–H and O–H groups in total. The van der Waals surface area contributed by atoms with Gasteiger partial charge in [-0.05, 0) is 145 Å². The van der Waals surface area contributed by atoms with Gasteiger partial charge in [0, 0.05) is 56.7 Å². The predicted octanol–water partition coefficient (Wildman–Crippen LogP) is 4.32. The second kappa shape index (κ2) is 29.4. The van der Waals surface area contributed by atoms with Crippen LogP contribution in [-0.4, -0.2) is 162 Å². The van der Waals surface area contributed by atoms with Gasteiger partial charge in [0.15, 0.2) is 0 Å². The lowest BCUT2D eigenvalue weighted by molar-refractivity contribution is -0.168. The van der Waals surface area contributed by atoms with Gasteiger partial charge in [-0.1, -0.05) is 0 Å². The molecule has 0 bridgehead atoms. The summed E-state index contributed by atoms with van der Waals surface area (Å²) in [5, 5.41) is 11.1. The zero-order valence-corrected chi connectivity index (χ0v) is 53.3. The van der Waals surface area contributed by atoms with Crippen LogP contribution in [-0.2, 0) is 90.7 Å². The molecule has 0 aromatic heterocycles. The number of nitrogens with zero attached hydrogens (tertiary/aromatic N) is 1. The number of ether oxygens (including phenoxy) is 7. The fourth-order valence-electron chi connectivity index (χ4n) is 6.45. The monoisotopic (exact) mass is 1180 g/mol. The number of nitrogens with one attached hydrogen (secondary N) is 4. The molecule has 1 aliphatic heterocycles. The van der Waals surface area contributed by atoms with Gasteiger partial charge < -0.3 is 54.4 Å². The third-order valence-electron chi connectivity index (χ3n) is 12.8. The SMILES string of the molecule is CC(C)(C)C(=O)OCC(C)(COC(=O)C(C)(C)C)C(=O)NCC(CNC(=O)C(C)(COC(=O)C(C)(C)C)COC(=O)C(C)(C)C)(CNC(=O)C(C)(COC(=O)C(C)(C)C)COC(=O)C(C)(C)C)COCCNC(=O)CCN1C(=O)C=CC1=O. The average Bonchev–Trinajstić information content (AvgIpc) is 3.90. The molecule has 0 atom stereocenters. The standard InChI is InChI=1S/C59H97N5O19/c1-50(2,3)44(71)78-31-56(19,32-79-45(72)51(4,5)6)41(68)61-28-59(37-77-27-25-60-38(65)24-26-64-39(66)22-23-40(64)67,29-62-42(69)57(20,33-80-46(73)52(7,8)9)34-81-47(74)53(10,11)12)30-63-43(70)58(21,35-82-48(75)54(13,14)15)36-83-49(76)55(16,17)18/h22-23H,24-37H2,1-21H3,(H,60,65)(H,61,68)(H,62,69)(H,63,70). The van der Waals surface area contributed by atoms with E-state index in [4.69, 9.17) is 33.2 Å². The zero-order valence-electron chi connectivity index (χ0n) is 53.3. The maximum Gasteiger partial charge on any atom is 0.311 e. The van der Waals surface area contributed by atoms with E-state index in [-0.39, 0.29) is 26.1 Å². The fourth-order valence-corrected chi connectivity index (χ4v) is 6.45. The van der Waals surface area contributed by atoms with Crippen molar-refractivity contribution in [2.45, 2.75) is 152 Å². The van der Waals surface area contributed by atoms with Crippen molar-refractivity contribution in [1.29, 1.82) is 0 Å². The minimum Gasteiger partial charge on any atom is -0.464 e. The molecular formula is C59H97N5O19. The lowest BCUT2D eigenvalue weighted by Crippen LogP contribution is -2.59. The molecule has 0 fully saturated rings. The number of hydrogen-bond acceptors (Lipinski definition) is 19. The Hall–Kier alpha value is -6.46. The van der Waals surface area contributed by atoms with Gasteiger partial charge in [-0.15, -0.1) is 0 Å². The number of imide groups is 1. The Labute approximate surface area is 490 Å². The molecule has 0 unspecified atom stereocenters. The predicted molar refractivity (Wildman–Crippen MR) is 303 cm³/mol. The van der Waals surface area contributed by atoms with Crippen LogP contribution in [0.3, 0.4) is 0 Å². The number of carbonyl (C=O) groups is 12. The Balaban J connectivity index is 4.15. The first-order valence-corrected chi connectivity index (χ1v) is 27.7. The fraction of sp³-hybridized carbons (Fsp3) is 0.763. The summed E-state index contributed by atoms with van der Waals surface area (Å²) >= 11 is 0. The van der Waals surface area contributed by atoms with Crippen molar-refractivity contribution in [2.75, 3.05) is 85.6 Å². The third kappa shape index (κ3) is 24.7. The molecule has 0 aromatic carbocycles. The van der Waals surface area contributed by atoms with Gasteiger partial charge in [-0.2, -0.15) is 0 Å². The molecule has 6 amide bonds. The Kier molecular flexibility index (Phi) is 26.4. The van der Waals surface area contributed by atoms with Gasteiger partial charge in [0.25, 0.3) is 11.8 Å². The summed E-state index contributed by atoms with van der Waals surface area (Å²) in [5.41, 5.74) is -13.1. The first kappa shape index (κ1) is 74.6. The van der Waals surface area contributed by atoms with Gasteiger partial charge in [-0.3, -0.25) is 62.4 Å². The van der Waals surface area contributed by atoms with Crippen LogP contribution in [0, 0.1) is 54.1 Å². The van der Waals surface area contributed by atoms with Crippen LogP contribution in [0.1, 0.15) is 152 Å². The highest BCUT2D eigenvalue weighted by Gasteiger charge is 2.46. The molecule has 24 heteroatoms. The van der Waals surface area contributed by atoms with E-state index < -0.39 is 191 Å². The Bertz CT molecular complexity index is 2090. The molecule has 24 nitrogen and oxygen atoms in total. The first-order valence-electron chi connectivity index (χ1n) is 27.7. The summed E-state index contributed by atoms with van der Waals surface area (Å²) in [6.07, 6.45) is 1.93. The minimum absolute atomic E-state index is 0.150. The molecule has 0 aromatic rings. The van der Waals surface area contributed by atoms with E-state index in [1.54, 1.807) is 125 Å². The Morgan fingerprint density at radius 1 is 0.373 bits per heavy atom. The van der Waals surface area contributed by atoms with E-state index in [0.717, 1.165) is 17.1 Å². The number of rotatable bonds is 29. The molecule has 0 radical (unpaired) electrons. The van der Waals surface area contributed by atoms with E-state index in [9.17, 15) is 57.5 Å². The molecule has 0 aliphatic carbocycles. The number of carbonyl (C=O) groups excluding carboxylic acids is 12. The van der Waals surface area contributed by atoms with Crippen LogP contribution in [0.15, 0.2) is 12.2 Å². The van der Waals surface area contributed by atoms with Crippen molar-refractivity contribution >= 4 is 71.3 Å². The minimum atomic E-state index is -1.79. The number of amides is 6. The lowest BCUT2D eigenvalue weighted by atomic mass is 9.84. The summed E-state index contributed by atoms with van der Waals surface area (Å²) < 4.78 is 40.0. The van der Waals surface area contributed by atoms with E-state index in [2.05, 4.69) is 21.3 Å². The second-order valence-corrected chi connectivity index (χ2v) is 28.5. The van der Waals surface area contributed by atoms with Crippen molar-refractivity contribution in [3.05, 3.63) is 12.2 Å². The largest absolute Gasteiger partial charge is 0.464 e. The summed E-state index contributed by atoms with van der Waals surface area (Å²) in [6.45, 7) is 27.0. The molecule has 1 rings (SSSR count). The van der Waals surface area contributed by atoms with Gasteiger partial charge in [-0.25, -0.2) is 0 Å². The highest BCUT2D eigenvalue weighted by molar-refractivity contribution is 6.13. The van der Waals surface area contributed by atoms with E-state index in [1.165, 1.54) is 20.8 Å². The van der Waals surface area contributed by atoms with Crippen LogP contribution in [0.5, 0.6) is 0 Å². The van der Waals surface area contributed by atoms with Gasteiger partial charge >= 0.3 is 35.8 Å². The van der Waals surface area contributed by atoms with Crippen LogP contribution in [0.4, 0.5) is 0 Å². The smallest absolute Gasteiger partial charge is 0.311 e. The van der Waals surface area contributed by atoms with E-state index in [1.807, 2.05) is 0 Å². The summed E-state index contributed by atoms with van der Waals surface area (Å²) in [5.74, 6) is -8.25. The highest BCUT2D eigenvalue weighted by atomic mass is 16.6. The molecule has 83 heavy (non-hydrogen) atoms. The van der Waals surface area contributed by atoms with Crippen LogP contribution >= 0.6 is 0 Å². The van der Waals surface area contributed by atoms with Crippen LogP contribution in [0.2, 0.25) is 0 Å². The van der Waals surface area contributed by atoms with Crippen molar-refractivity contribution in [3.8, 4) is 0 Å².